The molecule has 0 atom stereocenters. The van der Waals surface area contributed by atoms with Gasteiger partial charge in [-0.15, -0.1) is 0 Å². The summed E-state index contributed by atoms with van der Waals surface area (Å²) in [5, 5.41) is 3.79. The Morgan fingerprint density at radius 3 is 2.36 bits per heavy atom. The summed E-state index contributed by atoms with van der Waals surface area (Å²) in [5.74, 6) is 0. The Hall–Kier alpha value is -1.92. The van der Waals surface area contributed by atoms with Crippen LogP contribution in [-0.2, 0) is 10.0 Å². The van der Waals surface area contributed by atoms with Gasteiger partial charge >= 0.3 is 0 Å². The van der Waals surface area contributed by atoms with Gasteiger partial charge in [-0.05, 0) is 42.3 Å². The molecule has 0 aliphatic carbocycles. The standard InChI is InChI=1S/C16H15BrN2O2S/c1-13(11-14-5-3-2-4-6-14)12-18-19-22(20,21)16-9-7-15(17)8-10-16/h2-12,19H,1H3/b13-11+,18-12+. The average molecular weight is 379 g/mol. The van der Waals surface area contributed by atoms with Gasteiger partial charge in [0.2, 0.25) is 0 Å². The molecule has 0 saturated carbocycles. The van der Waals surface area contributed by atoms with Crippen LogP contribution >= 0.6 is 15.9 Å². The minimum atomic E-state index is -3.64. The lowest BCUT2D eigenvalue weighted by atomic mass is 10.1. The minimum Gasteiger partial charge on any atom is -0.200 e. The van der Waals surface area contributed by atoms with Crippen LogP contribution in [0.1, 0.15) is 12.5 Å². The maximum Gasteiger partial charge on any atom is 0.276 e. The summed E-state index contributed by atoms with van der Waals surface area (Å²) in [6, 6.07) is 16.1. The summed E-state index contributed by atoms with van der Waals surface area (Å²) in [7, 11) is -3.64. The molecule has 0 radical (unpaired) electrons. The van der Waals surface area contributed by atoms with Crippen LogP contribution in [0.5, 0.6) is 0 Å². The third-order valence-corrected chi connectivity index (χ3v) is 4.53. The molecule has 0 fully saturated rings. The Kier molecular flexibility index (Phi) is 5.51. The van der Waals surface area contributed by atoms with Crippen molar-refractivity contribution in [2.24, 2.45) is 5.10 Å². The number of hydrogen-bond donors (Lipinski definition) is 1. The molecule has 0 spiro atoms. The van der Waals surface area contributed by atoms with Gasteiger partial charge in [0.15, 0.2) is 0 Å². The van der Waals surface area contributed by atoms with Crippen molar-refractivity contribution in [3.63, 3.8) is 0 Å². The Morgan fingerprint density at radius 2 is 1.73 bits per heavy atom. The summed E-state index contributed by atoms with van der Waals surface area (Å²) < 4.78 is 24.9. The first-order chi connectivity index (χ1) is 10.5. The molecule has 0 heterocycles. The lowest BCUT2D eigenvalue weighted by Gasteiger charge is -2.03. The lowest BCUT2D eigenvalue weighted by molar-refractivity contribution is 0.584. The molecule has 0 bridgehead atoms. The first-order valence-electron chi connectivity index (χ1n) is 6.51. The van der Waals surface area contributed by atoms with E-state index in [4.69, 9.17) is 0 Å². The first kappa shape index (κ1) is 16.5. The quantitative estimate of drug-likeness (QED) is 0.634. The van der Waals surface area contributed by atoms with Crippen LogP contribution in [0, 0.1) is 0 Å². The second-order valence-electron chi connectivity index (χ2n) is 4.61. The molecule has 2 aromatic carbocycles. The van der Waals surface area contributed by atoms with Gasteiger partial charge < -0.3 is 0 Å². The predicted octanol–water partition coefficient (Wildman–Crippen LogP) is 3.82. The Morgan fingerprint density at radius 1 is 1.09 bits per heavy atom. The van der Waals surface area contributed by atoms with E-state index >= 15 is 0 Å². The van der Waals surface area contributed by atoms with E-state index in [1.807, 2.05) is 43.3 Å². The number of nitrogens with one attached hydrogen (secondary N) is 1. The molecule has 0 aliphatic rings. The lowest BCUT2D eigenvalue weighted by Crippen LogP contribution is -2.18. The summed E-state index contributed by atoms with van der Waals surface area (Å²) >= 11 is 3.26. The van der Waals surface area contributed by atoms with Gasteiger partial charge in [0.25, 0.3) is 10.0 Å². The van der Waals surface area contributed by atoms with Crippen LogP contribution in [0.2, 0.25) is 0 Å². The van der Waals surface area contributed by atoms with Gasteiger partial charge in [0.1, 0.15) is 0 Å². The van der Waals surface area contributed by atoms with Crippen molar-refractivity contribution in [2.75, 3.05) is 0 Å². The van der Waals surface area contributed by atoms with E-state index < -0.39 is 10.0 Å². The molecule has 22 heavy (non-hydrogen) atoms. The van der Waals surface area contributed by atoms with Crippen molar-refractivity contribution >= 4 is 38.2 Å². The molecule has 0 aromatic heterocycles. The van der Waals surface area contributed by atoms with Crippen molar-refractivity contribution in [1.29, 1.82) is 0 Å². The molecule has 2 rings (SSSR count). The smallest absolute Gasteiger partial charge is 0.200 e. The topological polar surface area (TPSA) is 58.5 Å². The number of halogens is 1. The molecular weight excluding hydrogens is 364 g/mol. The highest BCUT2D eigenvalue weighted by Gasteiger charge is 2.11. The highest BCUT2D eigenvalue weighted by Crippen LogP contribution is 2.14. The van der Waals surface area contributed by atoms with Crippen molar-refractivity contribution in [3.8, 4) is 0 Å². The summed E-state index contributed by atoms with van der Waals surface area (Å²) in [6.45, 7) is 1.85. The van der Waals surface area contributed by atoms with Crippen molar-refractivity contribution in [2.45, 2.75) is 11.8 Å². The molecule has 2 aromatic rings. The summed E-state index contributed by atoms with van der Waals surface area (Å²) in [4.78, 5) is 2.36. The van der Waals surface area contributed by atoms with E-state index in [9.17, 15) is 8.42 Å². The van der Waals surface area contributed by atoms with Crippen molar-refractivity contribution in [1.82, 2.24) is 4.83 Å². The van der Waals surface area contributed by atoms with Crippen LogP contribution in [0.3, 0.4) is 0 Å². The van der Waals surface area contributed by atoms with E-state index in [0.717, 1.165) is 15.6 Å². The molecule has 1 N–H and O–H groups in total. The van der Waals surface area contributed by atoms with Crippen LogP contribution < -0.4 is 4.83 Å². The van der Waals surface area contributed by atoms with E-state index in [2.05, 4.69) is 25.9 Å². The normalized spacial score (nSPS) is 12.5. The van der Waals surface area contributed by atoms with Gasteiger partial charge in [0.05, 0.1) is 11.1 Å². The average Bonchev–Trinajstić information content (AvgIpc) is 2.48. The van der Waals surface area contributed by atoms with Gasteiger partial charge in [-0.25, -0.2) is 4.83 Å². The molecule has 114 valence electrons. The molecule has 0 amide bonds. The highest BCUT2D eigenvalue weighted by molar-refractivity contribution is 9.10. The Labute approximate surface area is 138 Å². The minimum absolute atomic E-state index is 0.164. The molecule has 4 nitrogen and oxygen atoms in total. The van der Waals surface area contributed by atoms with Gasteiger partial charge in [-0.1, -0.05) is 52.3 Å². The molecule has 0 unspecified atom stereocenters. The van der Waals surface area contributed by atoms with E-state index in [1.54, 1.807) is 12.1 Å². The molecule has 0 saturated heterocycles. The predicted molar refractivity (Wildman–Crippen MR) is 93.0 cm³/mol. The largest absolute Gasteiger partial charge is 0.276 e. The SMILES string of the molecule is CC(/C=N/NS(=O)(=O)c1ccc(Br)cc1)=C\c1ccccc1. The third-order valence-electron chi connectivity index (χ3n) is 2.76. The van der Waals surface area contributed by atoms with E-state index in [1.165, 1.54) is 18.3 Å². The maximum atomic E-state index is 12.0. The highest BCUT2D eigenvalue weighted by atomic mass is 79.9. The Balaban J connectivity index is 2.05. The van der Waals surface area contributed by atoms with Gasteiger partial charge in [-0.3, -0.25) is 0 Å². The fourth-order valence-electron chi connectivity index (χ4n) is 1.71. The third kappa shape index (κ3) is 4.82. The number of nitrogens with zero attached hydrogens (tertiary/aromatic N) is 1. The number of hydrazone groups is 1. The number of sulfonamides is 1. The first-order valence-corrected chi connectivity index (χ1v) is 8.79. The molecule has 0 aliphatic heterocycles. The van der Waals surface area contributed by atoms with Crippen LogP contribution in [0.4, 0.5) is 0 Å². The fraction of sp³-hybridized carbons (Fsp3) is 0.0625. The summed E-state index contributed by atoms with van der Waals surface area (Å²) in [5.41, 5.74) is 1.87. The second kappa shape index (κ2) is 7.38. The second-order valence-corrected chi connectivity index (χ2v) is 7.18. The summed E-state index contributed by atoms with van der Waals surface area (Å²) in [6.07, 6.45) is 3.39. The van der Waals surface area contributed by atoms with Crippen molar-refractivity contribution in [3.05, 3.63) is 70.2 Å². The number of hydrogen-bond acceptors (Lipinski definition) is 3. The van der Waals surface area contributed by atoms with Gasteiger partial charge in [0, 0.05) is 4.47 Å². The van der Waals surface area contributed by atoms with E-state index in [0.29, 0.717) is 0 Å². The van der Waals surface area contributed by atoms with Crippen molar-refractivity contribution < 1.29 is 8.42 Å². The van der Waals surface area contributed by atoms with Crippen LogP contribution in [0.15, 0.2) is 74.6 Å². The number of benzene rings is 2. The molecule has 6 heteroatoms. The van der Waals surface area contributed by atoms with Crippen LogP contribution in [0.25, 0.3) is 6.08 Å². The monoisotopic (exact) mass is 378 g/mol. The Bertz CT molecular complexity index is 783. The molecular formula is C16H15BrN2O2S. The zero-order valence-corrected chi connectivity index (χ0v) is 14.3. The fourth-order valence-corrected chi connectivity index (χ4v) is 2.77. The van der Waals surface area contributed by atoms with Crippen LogP contribution in [-0.4, -0.2) is 14.6 Å². The number of allylic oxidation sites excluding steroid dienone is 1. The van der Waals surface area contributed by atoms with E-state index in [-0.39, 0.29) is 4.90 Å². The number of rotatable bonds is 5. The zero-order valence-electron chi connectivity index (χ0n) is 11.9. The zero-order chi connectivity index (χ0) is 16.0. The maximum absolute atomic E-state index is 12.0. The van der Waals surface area contributed by atoms with Gasteiger partial charge in [-0.2, -0.15) is 13.5 Å².